The molecule has 0 aliphatic carbocycles. The van der Waals surface area contributed by atoms with Gasteiger partial charge in [-0.05, 0) is 59.5 Å². The summed E-state index contributed by atoms with van der Waals surface area (Å²) in [6.45, 7) is 0.735. The molecule has 0 aromatic heterocycles. The molecule has 1 aliphatic rings. The fourth-order valence-electron chi connectivity index (χ4n) is 5.23. The Balaban J connectivity index is 1.50. The molecule has 0 bridgehead atoms. The van der Waals surface area contributed by atoms with Gasteiger partial charge in [0, 0.05) is 47.7 Å². The summed E-state index contributed by atoms with van der Waals surface area (Å²) in [6.07, 6.45) is 3.94. The van der Waals surface area contributed by atoms with Gasteiger partial charge in [0.05, 0.1) is 6.61 Å². The third-order valence-electron chi connectivity index (χ3n) is 7.57. The molecular formula is C36H35FN6O4. The second-order valence-corrected chi connectivity index (χ2v) is 10.8. The van der Waals surface area contributed by atoms with Crippen molar-refractivity contribution in [2.24, 2.45) is 10.1 Å². The molecule has 0 unspecified atom stereocenters. The Labute approximate surface area is 272 Å². The zero-order valence-electron chi connectivity index (χ0n) is 25.6. The molecule has 4 aromatic rings. The van der Waals surface area contributed by atoms with Gasteiger partial charge in [-0.2, -0.15) is 0 Å². The number of rotatable bonds is 15. The predicted octanol–water partition coefficient (Wildman–Crippen LogP) is 6.75. The second kappa shape index (κ2) is 16.2. The Morgan fingerprint density at radius 1 is 1.06 bits per heavy atom. The highest BCUT2D eigenvalue weighted by atomic mass is 19.1. The molecule has 240 valence electrons. The standard InChI is InChI=1S/C36H35FN6O4/c37-29-13-6-11-27(25-29)20-22-39-42-35(45)36(21-7-12-26-9-2-1-3-10-26)33(31-14-4-5-15-32(31)41-43-38)47-34(40-36)28-16-18-30(19-17-28)46-24-8-23-44/h1-7,9-19,25,33,39,44H,8,20-24H2,(H,42,45)/b12-7+/t33-,36-/m0/s1. The van der Waals surface area contributed by atoms with Crippen molar-refractivity contribution < 1.29 is 23.8 Å². The van der Waals surface area contributed by atoms with Crippen LogP contribution in [-0.2, 0) is 16.0 Å². The van der Waals surface area contributed by atoms with Gasteiger partial charge in [-0.15, -0.1) is 0 Å². The van der Waals surface area contributed by atoms with E-state index >= 15 is 0 Å². The van der Waals surface area contributed by atoms with E-state index < -0.39 is 17.6 Å². The molecule has 0 radical (unpaired) electrons. The quantitative estimate of drug-likeness (QED) is 0.0436. The number of aliphatic imine (C=N–C) groups is 1. The number of hydrazine groups is 1. The summed E-state index contributed by atoms with van der Waals surface area (Å²) in [7, 11) is 0. The van der Waals surface area contributed by atoms with Gasteiger partial charge >= 0.3 is 0 Å². The summed E-state index contributed by atoms with van der Waals surface area (Å²) in [6, 6.07) is 30.0. The Hall–Kier alpha value is -5.48. The molecule has 0 saturated heterocycles. The van der Waals surface area contributed by atoms with Gasteiger partial charge in [0.1, 0.15) is 11.6 Å². The van der Waals surface area contributed by atoms with E-state index in [9.17, 15) is 14.7 Å². The first-order valence-electron chi connectivity index (χ1n) is 15.3. The van der Waals surface area contributed by atoms with Crippen LogP contribution in [0.3, 0.4) is 0 Å². The van der Waals surface area contributed by atoms with Crippen molar-refractivity contribution >= 4 is 23.6 Å². The van der Waals surface area contributed by atoms with Gasteiger partial charge in [-0.1, -0.05) is 84.0 Å². The monoisotopic (exact) mass is 634 g/mol. The lowest BCUT2D eigenvalue weighted by molar-refractivity contribution is -0.129. The number of carbonyl (C=O) groups excluding carboxylic acids is 1. The van der Waals surface area contributed by atoms with Crippen LogP contribution in [0.4, 0.5) is 10.1 Å². The number of aliphatic hydroxyl groups is 1. The molecule has 5 rings (SSSR count). The number of carbonyl (C=O) groups is 1. The van der Waals surface area contributed by atoms with Crippen LogP contribution in [0.2, 0.25) is 0 Å². The van der Waals surface area contributed by atoms with Gasteiger partial charge in [-0.25, -0.2) is 14.8 Å². The van der Waals surface area contributed by atoms with E-state index in [-0.39, 0.29) is 24.7 Å². The fourth-order valence-corrected chi connectivity index (χ4v) is 5.23. The lowest BCUT2D eigenvalue weighted by atomic mass is 9.83. The molecule has 0 saturated carbocycles. The second-order valence-electron chi connectivity index (χ2n) is 10.8. The van der Waals surface area contributed by atoms with Gasteiger partial charge < -0.3 is 14.6 Å². The van der Waals surface area contributed by atoms with E-state index in [2.05, 4.69) is 20.9 Å². The van der Waals surface area contributed by atoms with Crippen molar-refractivity contribution in [2.75, 3.05) is 19.8 Å². The molecule has 0 fully saturated rings. The lowest BCUT2D eigenvalue weighted by Crippen LogP contribution is -2.52. The van der Waals surface area contributed by atoms with Gasteiger partial charge in [-0.3, -0.25) is 10.2 Å². The average Bonchev–Trinajstić information content (AvgIpc) is 3.48. The van der Waals surface area contributed by atoms with Crippen molar-refractivity contribution in [2.45, 2.75) is 30.9 Å². The van der Waals surface area contributed by atoms with Crippen molar-refractivity contribution in [1.82, 2.24) is 10.9 Å². The molecule has 3 N–H and O–H groups in total. The van der Waals surface area contributed by atoms with Crippen LogP contribution in [0.5, 0.6) is 5.75 Å². The first-order chi connectivity index (χ1) is 23.0. The van der Waals surface area contributed by atoms with E-state index in [0.717, 1.165) is 11.1 Å². The smallest absolute Gasteiger partial charge is 0.266 e. The van der Waals surface area contributed by atoms with Crippen molar-refractivity contribution in [3.63, 3.8) is 0 Å². The van der Waals surface area contributed by atoms with Crippen LogP contribution >= 0.6 is 0 Å². The number of halogens is 1. The van der Waals surface area contributed by atoms with E-state index in [4.69, 9.17) is 19.6 Å². The number of benzene rings is 4. The molecule has 11 heteroatoms. The minimum atomic E-state index is -1.52. The maximum Gasteiger partial charge on any atom is 0.266 e. The van der Waals surface area contributed by atoms with E-state index in [1.165, 1.54) is 12.1 Å². The topological polar surface area (TPSA) is 141 Å². The number of ether oxygens (including phenoxy) is 2. The van der Waals surface area contributed by atoms with Crippen LogP contribution in [0, 0.1) is 5.82 Å². The first kappa shape index (κ1) is 32.9. The number of aliphatic hydroxyl groups excluding tert-OH is 1. The van der Waals surface area contributed by atoms with Crippen LogP contribution in [-0.4, -0.2) is 42.2 Å². The Morgan fingerprint density at radius 3 is 2.62 bits per heavy atom. The van der Waals surface area contributed by atoms with Crippen LogP contribution in [0.1, 0.15) is 41.2 Å². The summed E-state index contributed by atoms with van der Waals surface area (Å²) in [5.74, 6) is 0.0557. The number of hydrogen-bond donors (Lipinski definition) is 3. The fraction of sp³-hybridized carbons (Fsp3) is 0.222. The minimum Gasteiger partial charge on any atom is -0.494 e. The molecule has 4 aromatic carbocycles. The van der Waals surface area contributed by atoms with Crippen LogP contribution < -0.4 is 15.6 Å². The van der Waals surface area contributed by atoms with Crippen molar-refractivity contribution in [3.8, 4) is 5.75 Å². The SMILES string of the molecule is [N-]=[N+]=Nc1ccccc1[C@@H]1OC(c2ccc(OCCCO)cc2)=N[C@]1(C/C=C/c1ccccc1)C(=O)NNCCc1cccc(F)c1. The van der Waals surface area contributed by atoms with E-state index in [0.29, 0.717) is 48.6 Å². The largest absolute Gasteiger partial charge is 0.494 e. The van der Waals surface area contributed by atoms with Crippen LogP contribution in [0.25, 0.3) is 16.5 Å². The highest BCUT2D eigenvalue weighted by Gasteiger charge is 2.53. The minimum absolute atomic E-state index is 0.0317. The molecule has 0 spiro atoms. The number of amides is 1. The third kappa shape index (κ3) is 8.42. The third-order valence-corrected chi connectivity index (χ3v) is 7.57. The number of hydrogen-bond acceptors (Lipinski definition) is 7. The highest BCUT2D eigenvalue weighted by molar-refractivity contribution is 6.01. The normalized spacial score (nSPS) is 17.1. The summed E-state index contributed by atoms with van der Waals surface area (Å²) in [5, 5.41) is 12.9. The number of nitrogens with zero attached hydrogens (tertiary/aromatic N) is 4. The lowest BCUT2D eigenvalue weighted by Gasteiger charge is -2.30. The molecule has 10 nitrogen and oxygen atoms in total. The summed E-state index contributed by atoms with van der Waals surface area (Å²) < 4.78 is 25.9. The molecular weight excluding hydrogens is 599 g/mol. The van der Waals surface area contributed by atoms with Gasteiger partial charge in [0.25, 0.3) is 5.91 Å². The number of azide groups is 1. The summed E-state index contributed by atoms with van der Waals surface area (Å²) in [5.41, 5.74) is 16.7. The Bertz CT molecular complexity index is 1760. The zero-order valence-corrected chi connectivity index (χ0v) is 25.6. The van der Waals surface area contributed by atoms with Gasteiger partial charge in [0.15, 0.2) is 11.6 Å². The molecule has 1 amide bonds. The van der Waals surface area contributed by atoms with Crippen molar-refractivity contribution in [3.05, 3.63) is 148 Å². The molecule has 47 heavy (non-hydrogen) atoms. The van der Waals surface area contributed by atoms with Crippen LogP contribution in [0.15, 0.2) is 119 Å². The average molecular weight is 635 g/mol. The maximum absolute atomic E-state index is 14.3. The Kier molecular flexibility index (Phi) is 11.3. The van der Waals surface area contributed by atoms with Crippen molar-refractivity contribution in [1.29, 1.82) is 0 Å². The molecule has 2 atom stereocenters. The molecule has 1 aliphatic heterocycles. The number of nitrogens with one attached hydrogen (secondary N) is 2. The summed E-state index contributed by atoms with van der Waals surface area (Å²) in [4.78, 5) is 22.3. The van der Waals surface area contributed by atoms with E-state index in [1.54, 1.807) is 54.6 Å². The van der Waals surface area contributed by atoms with E-state index in [1.807, 2.05) is 48.6 Å². The maximum atomic E-state index is 14.3. The van der Waals surface area contributed by atoms with Gasteiger partial charge in [0.2, 0.25) is 5.90 Å². The predicted molar refractivity (Wildman–Crippen MR) is 178 cm³/mol. The Morgan fingerprint density at radius 2 is 1.85 bits per heavy atom. The summed E-state index contributed by atoms with van der Waals surface area (Å²) >= 11 is 0. The molecule has 1 heterocycles. The first-order valence-corrected chi connectivity index (χ1v) is 15.3. The zero-order chi connectivity index (χ0) is 32.9. The highest BCUT2D eigenvalue weighted by Crippen LogP contribution is 2.45.